The van der Waals surface area contributed by atoms with Crippen molar-refractivity contribution in [3.05, 3.63) is 29.8 Å². The van der Waals surface area contributed by atoms with Crippen LogP contribution in [-0.4, -0.2) is 38.9 Å². The minimum atomic E-state index is 0.452. The van der Waals surface area contributed by atoms with Crippen LogP contribution in [0.1, 0.15) is 24.8 Å². The fourth-order valence-electron chi connectivity index (χ4n) is 2.35. The van der Waals surface area contributed by atoms with E-state index in [9.17, 15) is 0 Å². The van der Waals surface area contributed by atoms with E-state index in [4.69, 9.17) is 15.2 Å². The van der Waals surface area contributed by atoms with Crippen LogP contribution in [0.5, 0.6) is 0 Å². The third kappa shape index (κ3) is 6.45. The fourth-order valence-corrected chi connectivity index (χ4v) is 2.35. The highest BCUT2D eigenvalue weighted by Crippen LogP contribution is 2.14. The van der Waals surface area contributed by atoms with Crippen LogP contribution in [-0.2, 0) is 9.47 Å². The molecule has 0 spiro atoms. The fraction of sp³-hybridized carbons (Fsp3) is 0.588. The van der Waals surface area contributed by atoms with Crippen molar-refractivity contribution in [2.45, 2.75) is 26.2 Å². The van der Waals surface area contributed by atoms with Gasteiger partial charge in [-0.15, -0.1) is 0 Å². The molecule has 3 N–H and O–H groups in total. The molecule has 0 radical (unpaired) electrons. The predicted molar refractivity (Wildman–Crippen MR) is 90.3 cm³/mol. The summed E-state index contributed by atoms with van der Waals surface area (Å²) in [5.41, 5.74) is 8.05. The monoisotopic (exact) mass is 305 g/mol. The Labute approximate surface area is 132 Å². The number of guanidine groups is 1. The zero-order chi connectivity index (χ0) is 15.6. The van der Waals surface area contributed by atoms with Crippen LogP contribution >= 0.6 is 0 Å². The number of hydrogen-bond acceptors (Lipinski definition) is 3. The number of nitrogens with two attached hydrogens (primary N) is 1. The maximum atomic E-state index is 5.86. The number of ether oxygens (including phenoxy) is 2. The van der Waals surface area contributed by atoms with Crippen molar-refractivity contribution in [3.63, 3.8) is 0 Å². The van der Waals surface area contributed by atoms with E-state index in [0.717, 1.165) is 51.4 Å². The zero-order valence-corrected chi connectivity index (χ0v) is 13.4. The first-order chi connectivity index (χ1) is 10.7. The normalized spacial score (nSPS) is 16.7. The molecule has 122 valence electrons. The molecule has 1 aromatic carbocycles. The third-order valence-electron chi connectivity index (χ3n) is 3.75. The van der Waals surface area contributed by atoms with Crippen LogP contribution in [0.3, 0.4) is 0 Å². The van der Waals surface area contributed by atoms with Crippen LogP contribution in [0.25, 0.3) is 0 Å². The maximum Gasteiger partial charge on any atom is 0.193 e. The van der Waals surface area contributed by atoms with E-state index >= 15 is 0 Å². The van der Waals surface area contributed by atoms with Gasteiger partial charge in [0.1, 0.15) is 0 Å². The summed E-state index contributed by atoms with van der Waals surface area (Å²) in [7, 11) is 0. The largest absolute Gasteiger partial charge is 0.381 e. The topological polar surface area (TPSA) is 68.9 Å². The van der Waals surface area contributed by atoms with Crippen molar-refractivity contribution < 1.29 is 9.47 Å². The lowest BCUT2D eigenvalue weighted by molar-refractivity contribution is 0.0205. The van der Waals surface area contributed by atoms with Crippen molar-refractivity contribution in [2.24, 2.45) is 16.6 Å². The van der Waals surface area contributed by atoms with Gasteiger partial charge in [-0.2, -0.15) is 0 Å². The number of anilines is 1. The molecule has 0 bridgehead atoms. The lowest BCUT2D eigenvalue weighted by atomic mass is 10.0. The molecule has 1 fully saturated rings. The second-order valence-corrected chi connectivity index (χ2v) is 5.74. The molecule has 0 aromatic heterocycles. The van der Waals surface area contributed by atoms with Crippen LogP contribution in [0, 0.1) is 12.8 Å². The lowest BCUT2D eigenvalue weighted by Crippen LogP contribution is -2.23. The van der Waals surface area contributed by atoms with Crippen molar-refractivity contribution >= 4 is 11.6 Å². The van der Waals surface area contributed by atoms with Gasteiger partial charge in [0.05, 0.1) is 0 Å². The summed E-state index contributed by atoms with van der Waals surface area (Å²) in [4.78, 5) is 4.31. The standard InChI is InChI=1S/C17H27N3O2/c1-14-3-5-16(6-4-14)20-17(18)19-9-2-10-22-13-15-7-11-21-12-8-15/h3-6,15H,2,7-13H2,1H3,(H3,18,19,20). The number of rotatable bonds is 7. The van der Waals surface area contributed by atoms with Crippen LogP contribution in [0.4, 0.5) is 5.69 Å². The van der Waals surface area contributed by atoms with Crippen molar-refractivity contribution in [1.29, 1.82) is 0 Å². The Morgan fingerprint density at radius 3 is 2.77 bits per heavy atom. The smallest absolute Gasteiger partial charge is 0.193 e. The van der Waals surface area contributed by atoms with Gasteiger partial charge in [-0.05, 0) is 44.2 Å². The second-order valence-electron chi connectivity index (χ2n) is 5.74. The average molecular weight is 305 g/mol. The van der Waals surface area contributed by atoms with Crippen LogP contribution in [0.2, 0.25) is 0 Å². The van der Waals surface area contributed by atoms with Crippen molar-refractivity contribution in [2.75, 3.05) is 38.3 Å². The lowest BCUT2D eigenvalue weighted by Gasteiger charge is -2.21. The number of aryl methyl sites for hydroxylation is 1. The van der Waals surface area contributed by atoms with E-state index in [2.05, 4.69) is 17.2 Å². The molecule has 0 aliphatic carbocycles. The molecule has 0 atom stereocenters. The van der Waals surface area contributed by atoms with Gasteiger partial charge >= 0.3 is 0 Å². The highest BCUT2D eigenvalue weighted by atomic mass is 16.5. The average Bonchev–Trinajstić information content (AvgIpc) is 2.54. The van der Waals surface area contributed by atoms with Crippen LogP contribution in [0.15, 0.2) is 29.3 Å². The highest BCUT2D eigenvalue weighted by molar-refractivity contribution is 5.92. The van der Waals surface area contributed by atoms with Crippen molar-refractivity contribution in [1.82, 2.24) is 0 Å². The van der Waals surface area contributed by atoms with Gasteiger partial charge in [0.25, 0.3) is 0 Å². The molecule has 1 aliphatic heterocycles. The Kier molecular flexibility index (Phi) is 7.19. The number of nitrogens with zero attached hydrogens (tertiary/aromatic N) is 1. The highest BCUT2D eigenvalue weighted by Gasteiger charge is 2.13. The van der Waals surface area contributed by atoms with Gasteiger partial charge in [-0.3, -0.25) is 4.99 Å². The van der Waals surface area contributed by atoms with E-state index in [0.29, 0.717) is 18.4 Å². The first kappa shape index (κ1) is 16.8. The molecule has 1 saturated heterocycles. The number of benzene rings is 1. The van der Waals surface area contributed by atoms with Gasteiger partial charge < -0.3 is 20.5 Å². The number of aliphatic imine (C=N–C) groups is 1. The predicted octanol–water partition coefficient (Wildman–Crippen LogP) is 2.55. The molecule has 5 heteroatoms. The number of hydrogen-bond donors (Lipinski definition) is 2. The van der Waals surface area contributed by atoms with E-state index in [1.165, 1.54) is 5.56 Å². The third-order valence-corrected chi connectivity index (χ3v) is 3.75. The molecule has 1 aliphatic rings. The minimum Gasteiger partial charge on any atom is -0.381 e. The number of nitrogens with one attached hydrogen (secondary N) is 1. The SMILES string of the molecule is Cc1ccc(NC(N)=NCCCOCC2CCOCC2)cc1. The summed E-state index contributed by atoms with van der Waals surface area (Å²) in [6.07, 6.45) is 3.12. The maximum absolute atomic E-state index is 5.86. The van der Waals surface area contributed by atoms with Gasteiger partial charge in [-0.25, -0.2) is 0 Å². The molecule has 22 heavy (non-hydrogen) atoms. The van der Waals surface area contributed by atoms with Gasteiger partial charge in [0, 0.05) is 38.7 Å². The summed E-state index contributed by atoms with van der Waals surface area (Å²) in [5, 5.41) is 3.08. The Bertz CT molecular complexity index is 453. The summed E-state index contributed by atoms with van der Waals surface area (Å²) in [6.45, 7) is 6.06. The molecular weight excluding hydrogens is 278 g/mol. The van der Waals surface area contributed by atoms with Crippen LogP contribution < -0.4 is 11.1 Å². The summed E-state index contributed by atoms with van der Waals surface area (Å²) < 4.78 is 11.0. The summed E-state index contributed by atoms with van der Waals surface area (Å²) >= 11 is 0. The Hall–Kier alpha value is -1.59. The van der Waals surface area contributed by atoms with E-state index in [-0.39, 0.29) is 0 Å². The molecule has 2 rings (SSSR count). The Morgan fingerprint density at radius 1 is 1.32 bits per heavy atom. The zero-order valence-electron chi connectivity index (χ0n) is 13.4. The van der Waals surface area contributed by atoms with E-state index in [1.807, 2.05) is 24.3 Å². The molecule has 0 amide bonds. The molecule has 0 unspecified atom stereocenters. The van der Waals surface area contributed by atoms with Gasteiger partial charge in [-0.1, -0.05) is 17.7 Å². The second kappa shape index (κ2) is 9.43. The molecule has 0 saturated carbocycles. The van der Waals surface area contributed by atoms with Crippen molar-refractivity contribution in [3.8, 4) is 0 Å². The van der Waals surface area contributed by atoms with Gasteiger partial charge in [0.2, 0.25) is 0 Å². The minimum absolute atomic E-state index is 0.452. The quantitative estimate of drug-likeness (QED) is 0.461. The van der Waals surface area contributed by atoms with E-state index in [1.54, 1.807) is 0 Å². The molecule has 1 aromatic rings. The summed E-state index contributed by atoms with van der Waals surface area (Å²) in [6, 6.07) is 8.07. The first-order valence-electron chi connectivity index (χ1n) is 8.03. The first-order valence-corrected chi connectivity index (χ1v) is 8.03. The molecular formula is C17H27N3O2. The van der Waals surface area contributed by atoms with Gasteiger partial charge in [0.15, 0.2) is 5.96 Å². The molecule has 5 nitrogen and oxygen atoms in total. The Morgan fingerprint density at radius 2 is 2.05 bits per heavy atom. The van der Waals surface area contributed by atoms with E-state index < -0.39 is 0 Å². The summed E-state index contributed by atoms with van der Waals surface area (Å²) in [5.74, 6) is 1.11. The Balaban J connectivity index is 1.55. The molecule has 1 heterocycles.